The highest BCUT2D eigenvalue weighted by atomic mass is 16.6. The first-order valence-corrected chi connectivity index (χ1v) is 24.1. The number of hydrogen-bond acceptors (Lipinski definition) is 6. The third kappa shape index (κ3) is 47.9. The van der Waals surface area contributed by atoms with Crippen molar-refractivity contribution >= 4 is 17.9 Å². The van der Waals surface area contributed by atoms with Crippen LogP contribution in [0.3, 0.4) is 0 Å². The molecule has 0 aromatic rings. The van der Waals surface area contributed by atoms with Crippen molar-refractivity contribution in [2.24, 2.45) is 0 Å². The maximum absolute atomic E-state index is 12.8. The standard InChI is InChI=1S/C57H84O6/c1-4-7-10-13-16-19-22-25-27-29-32-35-38-41-44-47-50-56(59)62-53-54(52-61-55(58)49-46-43-40-37-34-31-24-21-18-15-12-9-6-3)63-57(60)51-48-45-42-39-36-33-30-28-26-23-20-17-14-11-8-5-2/h7-12,15-21,24-28,31-37,40,54H,4-6,13-14,22-23,29-30,38-39,41-53H2,1-3H3/b10-7+,11-8+,12-9+,18-15+,19-16+,20-17+,24-21+,27-25+,28-26+,34-31+,35-32+,36-33+,40-37+. The molecule has 0 bridgehead atoms. The number of carbonyl (C=O) groups excluding carboxylic acids is 3. The second kappa shape index (κ2) is 49.7. The van der Waals surface area contributed by atoms with Crippen molar-refractivity contribution in [3.63, 3.8) is 0 Å². The van der Waals surface area contributed by atoms with Crippen molar-refractivity contribution < 1.29 is 28.6 Å². The zero-order valence-electron chi connectivity index (χ0n) is 39.5. The number of carbonyl (C=O) groups is 3. The smallest absolute Gasteiger partial charge is 0.306 e. The van der Waals surface area contributed by atoms with Crippen molar-refractivity contribution in [3.05, 3.63) is 158 Å². The zero-order chi connectivity index (χ0) is 45.8. The molecule has 0 aliphatic rings. The molecule has 1 unspecified atom stereocenters. The minimum Gasteiger partial charge on any atom is -0.462 e. The van der Waals surface area contributed by atoms with Crippen LogP contribution < -0.4 is 0 Å². The summed E-state index contributed by atoms with van der Waals surface area (Å²) in [6.45, 7) is 6.10. The van der Waals surface area contributed by atoms with E-state index in [1.54, 1.807) is 0 Å². The maximum atomic E-state index is 12.8. The lowest BCUT2D eigenvalue weighted by Gasteiger charge is -2.18. The van der Waals surface area contributed by atoms with E-state index in [2.05, 4.69) is 124 Å². The molecule has 0 heterocycles. The van der Waals surface area contributed by atoms with Crippen LogP contribution in [0, 0.1) is 0 Å². The Bertz CT molecular complexity index is 1510. The summed E-state index contributed by atoms with van der Waals surface area (Å²) in [4.78, 5) is 37.9. The number of unbranched alkanes of at least 4 members (excludes halogenated alkanes) is 7. The van der Waals surface area contributed by atoms with Crippen LogP contribution in [0.2, 0.25) is 0 Å². The Morgan fingerprint density at radius 1 is 0.333 bits per heavy atom. The van der Waals surface area contributed by atoms with E-state index in [4.69, 9.17) is 14.2 Å². The van der Waals surface area contributed by atoms with Gasteiger partial charge >= 0.3 is 17.9 Å². The van der Waals surface area contributed by atoms with E-state index in [0.29, 0.717) is 19.3 Å². The Labute approximate surface area is 384 Å². The lowest BCUT2D eigenvalue weighted by Crippen LogP contribution is -2.30. The molecule has 348 valence electrons. The molecule has 63 heavy (non-hydrogen) atoms. The average Bonchev–Trinajstić information content (AvgIpc) is 3.28. The van der Waals surface area contributed by atoms with Gasteiger partial charge in [-0.15, -0.1) is 0 Å². The first-order chi connectivity index (χ1) is 31.0. The van der Waals surface area contributed by atoms with E-state index in [1.807, 2.05) is 54.7 Å². The van der Waals surface area contributed by atoms with Crippen LogP contribution in [0.25, 0.3) is 0 Å². The molecule has 1 atom stereocenters. The molecule has 6 nitrogen and oxygen atoms in total. The summed E-state index contributed by atoms with van der Waals surface area (Å²) in [5, 5.41) is 0. The van der Waals surface area contributed by atoms with Crippen LogP contribution in [0.4, 0.5) is 0 Å². The van der Waals surface area contributed by atoms with Crippen molar-refractivity contribution in [1.29, 1.82) is 0 Å². The van der Waals surface area contributed by atoms with Crippen molar-refractivity contribution in [2.45, 2.75) is 168 Å². The zero-order valence-corrected chi connectivity index (χ0v) is 39.5. The molecule has 0 spiro atoms. The van der Waals surface area contributed by atoms with Gasteiger partial charge < -0.3 is 14.2 Å². The van der Waals surface area contributed by atoms with Crippen LogP contribution in [0.15, 0.2) is 158 Å². The molecule has 0 radical (unpaired) electrons. The van der Waals surface area contributed by atoms with E-state index in [-0.39, 0.29) is 44.0 Å². The number of allylic oxidation sites excluding steroid dienone is 26. The van der Waals surface area contributed by atoms with Gasteiger partial charge in [0.15, 0.2) is 6.10 Å². The summed E-state index contributed by atoms with van der Waals surface area (Å²) in [6, 6.07) is 0. The Kier molecular flexibility index (Phi) is 45.8. The Balaban J connectivity index is 4.65. The van der Waals surface area contributed by atoms with Crippen molar-refractivity contribution in [3.8, 4) is 0 Å². The molecule has 0 saturated heterocycles. The van der Waals surface area contributed by atoms with Crippen LogP contribution in [-0.4, -0.2) is 37.2 Å². The quantitative estimate of drug-likeness (QED) is 0.0201. The highest BCUT2D eigenvalue weighted by molar-refractivity contribution is 5.71. The lowest BCUT2D eigenvalue weighted by atomic mass is 10.1. The maximum Gasteiger partial charge on any atom is 0.306 e. The molecule has 0 rings (SSSR count). The average molecular weight is 865 g/mol. The summed E-state index contributed by atoms with van der Waals surface area (Å²) in [7, 11) is 0. The van der Waals surface area contributed by atoms with Crippen LogP contribution in [0.5, 0.6) is 0 Å². The van der Waals surface area contributed by atoms with Gasteiger partial charge in [-0.1, -0.05) is 192 Å². The van der Waals surface area contributed by atoms with Crippen LogP contribution in [0.1, 0.15) is 162 Å². The van der Waals surface area contributed by atoms with Crippen molar-refractivity contribution in [2.75, 3.05) is 13.2 Å². The monoisotopic (exact) mass is 865 g/mol. The van der Waals surface area contributed by atoms with Gasteiger partial charge in [-0.25, -0.2) is 0 Å². The molecule has 0 amide bonds. The molecule has 0 fully saturated rings. The first kappa shape index (κ1) is 58.0. The second-order valence-corrected chi connectivity index (χ2v) is 15.0. The van der Waals surface area contributed by atoms with Gasteiger partial charge in [0.25, 0.3) is 0 Å². The SMILES string of the molecule is CC/C=C/C=C/C=C/C=C/C=C/CCCC(=O)OCC(COC(=O)CCCCC/C=C/C/C=C/C/C=C/C/C=C/CC)OC(=O)CCCCC/C=C/C/C=C/C/C=C/C/C=C/CC. The number of rotatable bonds is 40. The molecular weight excluding hydrogens is 781 g/mol. The summed E-state index contributed by atoms with van der Waals surface area (Å²) >= 11 is 0. The van der Waals surface area contributed by atoms with Gasteiger partial charge in [0, 0.05) is 19.3 Å². The fraction of sp³-hybridized carbons (Fsp3) is 0.491. The van der Waals surface area contributed by atoms with Gasteiger partial charge in [0.1, 0.15) is 13.2 Å². The largest absolute Gasteiger partial charge is 0.462 e. The summed E-state index contributed by atoms with van der Waals surface area (Å²) in [5.41, 5.74) is 0. The molecular formula is C57H84O6. The summed E-state index contributed by atoms with van der Waals surface area (Å²) < 4.78 is 16.6. The Morgan fingerprint density at radius 2 is 0.667 bits per heavy atom. The molecule has 0 saturated carbocycles. The lowest BCUT2D eigenvalue weighted by molar-refractivity contribution is -0.167. The number of ether oxygens (including phenoxy) is 3. The van der Waals surface area contributed by atoms with Gasteiger partial charge in [0.2, 0.25) is 0 Å². The predicted octanol–water partition coefficient (Wildman–Crippen LogP) is 15.9. The predicted molar refractivity (Wildman–Crippen MR) is 269 cm³/mol. The van der Waals surface area contributed by atoms with Gasteiger partial charge in [-0.2, -0.15) is 0 Å². The minimum absolute atomic E-state index is 0.139. The van der Waals surface area contributed by atoms with Crippen LogP contribution in [-0.2, 0) is 28.6 Å². The fourth-order valence-electron chi connectivity index (χ4n) is 5.63. The molecule has 0 aromatic heterocycles. The molecule has 0 aliphatic carbocycles. The topological polar surface area (TPSA) is 78.9 Å². The highest BCUT2D eigenvalue weighted by Gasteiger charge is 2.19. The number of hydrogen-bond donors (Lipinski definition) is 0. The van der Waals surface area contributed by atoms with Gasteiger partial charge in [-0.3, -0.25) is 14.4 Å². The molecule has 6 heteroatoms. The fourth-order valence-corrected chi connectivity index (χ4v) is 5.63. The van der Waals surface area contributed by atoms with Gasteiger partial charge in [0.05, 0.1) is 0 Å². The normalized spacial score (nSPS) is 13.5. The molecule has 0 aromatic carbocycles. The summed E-state index contributed by atoms with van der Waals surface area (Å²) in [6.07, 6.45) is 72.3. The number of esters is 3. The van der Waals surface area contributed by atoms with Crippen LogP contribution >= 0.6 is 0 Å². The molecule has 0 aliphatic heterocycles. The summed E-state index contributed by atoms with van der Waals surface area (Å²) in [5.74, 6) is -1.09. The molecule has 0 N–H and O–H groups in total. The second-order valence-electron chi connectivity index (χ2n) is 15.0. The van der Waals surface area contributed by atoms with E-state index in [9.17, 15) is 14.4 Å². The Hall–Kier alpha value is -4.97. The van der Waals surface area contributed by atoms with E-state index >= 15 is 0 Å². The van der Waals surface area contributed by atoms with E-state index < -0.39 is 6.10 Å². The third-order valence-corrected chi connectivity index (χ3v) is 9.14. The first-order valence-electron chi connectivity index (χ1n) is 24.1. The van der Waals surface area contributed by atoms with Crippen molar-refractivity contribution in [1.82, 2.24) is 0 Å². The van der Waals surface area contributed by atoms with E-state index in [0.717, 1.165) is 109 Å². The highest BCUT2D eigenvalue weighted by Crippen LogP contribution is 2.10. The minimum atomic E-state index is -0.844. The van der Waals surface area contributed by atoms with Gasteiger partial charge in [-0.05, 0) is 109 Å². The Morgan fingerprint density at radius 3 is 1.10 bits per heavy atom. The van der Waals surface area contributed by atoms with E-state index in [1.165, 1.54) is 0 Å². The third-order valence-electron chi connectivity index (χ3n) is 9.14.